The first-order chi connectivity index (χ1) is 11.2. The maximum Gasteiger partial charge on any atom is 0.237 e. The molecule has 2 aliphatic rings. The van der Waals surface area contributed by atoms with Gasteiger partial charge in [0.05, 0.1) is 12.9 Å². The second kappa shape index (κ2) is 7.46. The van der Waals surface area contributed by atoms with Crippen LogP contribution in [-0.2, 0) is 11.3 Å². The predicted octanol–water partition coefficient (Wildman–Crippen LogP) is 1.10. The summed E-state index contributed by atoms with van der Waals surface area (Å²) in [4.78, 5) is 23.0. The average Bonchev–Trinajstić information content (AvgIpc) is 2.59. The Morgan fingerprint density at radius 1 is 1.39 bits per heavy atom. The highest BCUT2D eigenvalue weighted by Crippen LogP contribution is 2.31. The molecule has 0 spiro atoms. The molecule has 7 nitrogen and oxygen atoms in total. The van der Waals surface area contributed by atoms with Crippen molar-refractivity contribution in [1.82, 2.24) is 20.2 Å². The number of amides is 1. The molecule has 0 aliphatic carbocycles. The first kappa shape index (κ1) is 16.5. The third kappa shape index (κ3) is 3.94. The van der Waals surface area contributed by atoms with E-state index in [0.29, 0.717) is 30.0 Å². The molecule has 0 radical (unpaired) electrons. The zero-order valence-corrected chi connectivity index (χ0v) is 14.4. The number of hydrogen-bond acceptors (Lipinski definition) is 7. The molecule has 3 heterocycles. The normalized spacial score (nSPS) is 19.3. The Morgan fingerprint density at radius 2 is 2.17 bits per heavy atom. The van der Waals surface area contributed by atoms with E-state index in [1.54, 1.807) is 7.11 Å². The molecule has 3 rings (SSSR count). The number of thioether (sulfide) groups is 1. The second-order valence-corrected chi connectivity index (χ2v) is 6.72. The molecule has 0 bridgehead atoms. The summed E-state index contributed by atoms with van der Waals surface area (Å²) < 4.78 is 5.36. The molecule has 1 aromatic rings. The molecule has 1 aromatic heterocycles. The molecule has 126 valence electrons. The molecular formula is C15H23N5O2S. The molecule has 0 saturated carbocycles. The predicted molar refractivity (Wildman–Crippen MR) is 89.9 cm³/mol. The summed E-state index contributed by atoms with van der Waals surface area (Å²) in [5, 5.41) is 7.05. The first-order valence-electron chi connectivity index (χ1n) is 8.03. The van der Waals surface area contributed by atoms with E-state index in [2.05, 4.69) is 32.4 Å². The van der Waals surface area contributed by atoms with E-state index in [4.69, 9.17) is 4.74 Å². The Morgan fingerprint density at radius 3 is 2.87 bits per heavy atom. The lowest BCUT2D eigenvalue weighted by molar-refractivity contribution is -0.113. The van der Waals surface area contributed by atoms with Crippen molar-refractivity contribution in [3.8, 4) is 5.88 Å². The summed E-state index contributed by atoms with van der Waals surface area (Å²) >= 11 is 1.39. The summed E-state index contributed by atoms with van der Waals surface area (Å²) in [5.74, 6) is 1.42. The molecular weight excluding hydrogens is 314 g/mol. The minimum absolute atomic E-state index is 0.0344. The molecule has 1 fully saturated rings. The minimum Gasteiger partial charge on any atom is -0.480 e. The third-order valence-corrected chi connectivity index (χ3v) is 5.25. The van der Waals surface area contributed by atoms with Crippen LogP contribution in [0.1, 0.15) is 25.5 Å². The molecule has 0 aromatic carbocycles. The van der Waals surface area contributed by atoms with E-state index in [9.17, 15) is 4.79 Å². The quantitative estimate of drug-likeness (QED) is 0.833. The lowest BCUT2D eigenvalue weighted by atomic mass is 10.1. The fourth-order valence-corrected chi connectivity index (χ4v) is 3.62. The summed E-state index contributed by atoms with van der Waals surface area (Å²) in [6, 6.07) is 0.490. The highest BCUT2D eigenvalue weighted by atomic mass is 32.2. The molecule has 2 aliphatic heterocycles. The van der Waals surface area contributed by atoms with Crippen molar-refractivity contribution in [2.24, 2.45) is 0 Å². The number of rotatable bonds is 5. The summed E-state index contributed by atoms with van der Waals surface area (Å²) in [6.07, 6.45) is 2.28. The molecule has 1 amide bonds. The van der Waals surface area contributed by atoms with Crippen LogP contribution in [0.5, 0.6) is 5.88 Å². The molecule has 8 heteroatoms. The topological polar surface area (TPSA) is 79.4 Å². The van der Waals surface area contributed by atoms with Crippen LogP contribution in [0.25, 0.3) is 0 Å². The number of carbonyl (C=O) groups is 1. The Bertz CT molecular complexity index is 575. The first-order valence-corrected chi connectivity index (χ1v) is 9.01. The number of likely N-dealkylation sites (tertiary alicyclic amines) is 1. The van der Waals surface area contributed by atoms with Crippen LogP contribution in [0.4, 0.5) is 5.82 Å². The van der Waals surface area contributed by atoms with Crippen molar-refractivity contribution in [2.75, 3.05) is 37.8 Å². The highest BCUT2D eigenvalue weighted by Gasteiger charge is 2.23. The van der Waals surface area contributed by atoms with Crippen LogP contribution in [-0.4, -0.2) is 59.3 Å². The van der Waals surface area contributed by atoms with E-state index in [1.807, 2.05) is 0 Å². The van der Waals surface area contributed by atoms with Crippen molar-refractivity contribution < 1.29 is 9.53 Å². The van der Waals surface area contributed by atoms with Gasteiger partial charge in [-0.1, -0.05) is 18.7 Å². The van der Waals surface area contributed by atoms with E-state index < -0.39 is 0 Å². The van der Waals surface area contributed by atoms with Gasteiger partial charge in [-0.3, -0.25) is 4.79 Å². The van der Waals surface area contributed by atoms with E-state index in [-0.39, 0.29) is 5.91 Å². The number of hydrogen-bond donors (Lipinski definition) is 2. The van der Waals surface area contributed by atoms with Crippen molar-refractivity contribution in [3.05, 3.63) is 5.69 Å². The van der Waals surface area contributed by atoms with Crippen molar-refractivity contribution >= 4 is 23.5 Å². The van der Waals surface area contributed by atoms with E-state index in [0.717, 1.165) is 43.2 Å². The van der Waals surface area contributed by atoms with Crippen molar-refractivity contribution in [3.63, 3.8) is 0 Å². The zero-order valence-electron chi connectivity index (χ0n) is 13.6. The van der Waals surface area contributed by atoms with Gasteiger partial charge in [-0.2, -0.15) is 0 Å². The fraction of sp³-hybridized carbons (Fsp3) is 0.667. The highest BCUT2D eigenvalue weighted by molar-refractivity contribution is 8.00. The Hall–Kier alpha value is -1.38. The van der Waals surface area contributed by atoms with E-state index in [1.165, 1.54) is 11.8 Å². The number of carbonyl (C=O) groups excluding carboxylic acids is 1. The van der Waals surface area contributed by atoms with Crippen LogP contribution in [0.15, 0.2) is 5.03 Å². The van der Waals surface area contributed by atoms with Gasteiger partial charge in [0.15, 0.2) is 5.82 Å². The molecule has 0 atom stereocenters. The number of anilines is 1. The Balaban J connectivity index is 1.65. The smallest absolute Gasteiger partial charge is 0.237 e. The molecule has 0 unspecified atom stereocenters. The van der Waals surface area contributed by atoms with Crippen molar-refractivity contribution in [1.29, 1.82) is 0 Å². The lowest BCUT2D eigenvalue weighted by Gasteiger charge is -2.31. The van der Waals surface area contributed by atoms with Gasteiger partial charge in [-0.25, -0.2) is 9.97 Å². The summed E-state index contributed by atoms with van der Waals surface area (Å²) in [7, 11) is 1.60. The molecule has 2 N–H and O–H groups in total. The van der Waals surface area contributed by atoms with Gasteiger partial charge in [0.25, 0.3) is 0 Å². The number of piperidine rings is 1. The van der Waals surface area contributed by atoms with Gasteiger partial charge in [-0.15, -0.1) is 0 Å². The molecule has 1 saturated heterocycles. The van der Waals surface area contributed by atoms with Gasteiger partial charge in [0, 0.05) is 12.6 Å². The lowest BCUT2D eigenvalue weighted by Crippen LogP contribution is -2.42. The third-order valence-electron chi connectivity index (χ3n) is 4.28. The van der Waals surface area contributed by atoms with Crippen LogP contribution >= 0.6 is 11.8 Å². The monoisotopic (exact) mass is 337 g/mol. The Labute approximate surface area is 140 Å². The number of aromatic nitrogens is 2. The van der Waals surface area contributed by atoms with Crippen LogP contribution in [0, 0.1) is 0 Å². The number of ether oxygens (including phenoxy) is 1. The van der Waals surface area contributed by atoms with Crippen LogP contribution in [0.3, 0.4) is 0 Å². The number of nitrogens with one attached hydrogen (secondary N) is 2. The second-order valence-electron chi connectivity index (χ2n) is 5.76. The van der Waals surface area contributed by atoms with Gasteiger partial charge in [0.2, 0.25) is 11.8 Å². The SMILES string of the molecule is CCN1CCC(NCc2nc3c(nc2OC)SCC(=O)N3)CC1. The standard InChI is InChI=1S/C15H23N5O2S/c1-3-20-6-4-10(5-7-20)16-8-11-14(22-2)19-15-13(17-11)18-12(21)9-23-15/h10,16H,3-9H2,1-2H3,(H,17,18,21). The Kier molecular flexibility index (Phi) is 5.34. The maximum absolute atomic E-state index is 11.5. The zero-order chi connectivity index (χ0) is 16.2. The van der Waals surface area contributed by atoms with E-state index >= 15 is 0 Å². The number of fused-ring (bicyclic) bond motifs is 1. The fourth-order valence-electron chi connectivity index (χ4n) is 2.90. The van der Waals surface area contributed by atoms with Gasteiger partial charge < -0.3 is 20.3 Å². The van der Waals surface area contributed by atoms with Crippen molar-refractivity contribution in [2.45, 2.75) is 37.4 Å². The van der Waals surface area contributed by atoms with Gasteiger partial charge in [-0.05, 0) is 32.5 Å². The number of nitrogens with zero attached hydrogens (tertiary/aromatic N) is 3. The van der Waals surface area contributed by atoms with Crippen LogP contribution in [0.2, 0.25) is 0 Å². The largest absolute Gasteiger partial charge is 0.480 e. The van der Waals surface area contributed by atoms with Gasteiger partial charge in [0.1, 0.15) is 10.7 Å². The summed E-state index contributed by atoms with van der Waals surface area (Å²) in [5.41, 5.74) is 0.743. The molecule has 23 heavy (non-hydrogen) atoms. The average molecular weight is 337 g/mol. The number of methoxy groups -OCH3 is 1. The van der Waals surface area contributed by atoms with Gasteiger partial charge >= 0.3 is 0 Å². The minimum atomic E-state index is -0.0344. The maximum atomic E-state index is 11.5. The summed E-state index contributed by atoms with van der Waals surface area (Å²) in [6.45, 7) is 6.18. The van der Waals surface area contributed by atoms with Crippen LogP contribution < -0.4 is 15.4 Å².